The quantitative estimate of drug-likeness (QED) is 0.791. The first-order valence-corrected chi connectivity index (χ1v) is 5.31. The molecular formula is C9H4BrCl2NO. The molecule has 0 amide bonds. The molecule has 2 rings (SSSR count). The lowest BCUT2D eigenvalue weighted by Gasteiger charge is -2.02. The Morgan fingerprint density at radius 1 is 1.29 bits per heavy atom. The summed E-state index contributed by atoms with van der Waals surface area (Å²) < 4.78 is 0.475. The molecule has 0 saturated carbocycles. The van der Waals surface area contributed by atoms with E-state index in [4.69, 9.17) is 23.2 Å². The van der Waals surface area contributed by atoms with Crippen LogP contribution in [0.25, 0.3) is 10.9 Å². The molecule has 0 bridgehead atoms. The molecule has 5 heteroatoms. The monoisotopic (exact) mass is 291 g/mol. The van der Waals surface area contributed by atoms with Gasteiger partial charge in [0.05, 0.1) is 20.0 Å². The Morgan fingerprint density at radius 3 is 2.71 bits per heavy atom. The van der Waals surface area contributed by atoms with E-state index in [0.717, 1.165) is 5.39 Å². The molecule has 2 nitrogen and oxygen atoms in total. The number of aromatic amines is 1. The van der Waals surface area contributed by atoms with Crippen molar-refractivity contribution in [2.24, 2.45) is 0 Å². The highest BCUT2D eigenvalue weighted by atomic mass is 79.9. The van der Waals surface area contributed by atoms with Gasteiger partial charge in [0.2, 0.25) is 0 Å². The number of rotatable bonds is 0. The van der Waals surface area contributed by atoms with Crippen molar-refractivity contribution in [1.29, 1.82) is 0 Å². The zero-order valence-corrected chi connectivity index (χ0v) is 9.87. The molecule has 1 aromatic carbocycles. The fourth-order valence-electron chi connectivity index (χ4n) is 1.19. The molecule has 0 saturated heterocycles. The molecular weight excluding hydrogens is 289 g/mol. The van der Waals surface area contributed by atoms with Crippen LogP contribution in [-0.4, -0.2) is 4.98 Å². The number of H-pyrrole nitrogens is 1. The Labute approximate surface area is 98.0 Å². The van der Waals surface area contributed by atoms with Crippen LogP contribution in [-0.2, 0) is 0 Å². The number of hydrogen-bond acceptors (Lipinski definition) is 1. The number of nitrogens with one attached hydrogen (secondary N) is 1. The topological polar surface area (TPSA) is 32.9 Å². The number of aromatic nitrogens is 1. The van der Waals surface area contributed by atoms with Crippen molar-refractivity contribution < 1.29 is 0 Å². The fourth-order valence-corrected chi connectivity index (χ4v) is 1.91. The Morgan fingerprint density at radius 2 is 2.00 bits per heavy atom. The zero-order valence-electron chi connectivity index (χ0n) is 6.77. The van der Waals surface area contributed by atoms with Gasteiger partial charge in [-0.2, -0.15) is 0 Å². The minimum atomic E-state index is -0.221. The van der Waals surface area contributed by atoms with Crippen molar-refractivity contribution in [3.63, 3.8) is 0 Å². The van der Waals surface area contributed by atoms with E-state index in [2.05, 4.69) is 20.9 Å². The number of fused-ring (bicyclic) bond motifs is 1. The van der Waals surface area contributed by atoms with E-state index >= 15 is 0 Å². The SMILES string of the molecule is O=c1[nH]c2c(Cl)c(Cl)ccc2cc1Br. The Balaban J connectivity index is 2.97. The first-order valence-electron chi connectivity index (χ1n) is 3.76. The van der Waals surface area contributed by atoms with Crippen LogP contribution in [0.15, 0.2) is 27.5 Å². The van der Waals surface area contributed by atoms with E-state index < -0.39 is 0 Å². The summed E-state index contributed by atoms with van der Waals surface area (Å²) >= 11 is 14.9. The molecule has 1 heterocycles. The first kappa shape index (κ1) is 10.0. The van der Waals surface area contributed by atoms with E-state index in [1.54, 1.807) is 18.2 Å². The van der Waals surface area contributed by atoms with Gasteiger partial charge in [0.15, 0.2) is 0 Å². The van der Waals surface area contributed by atoms with E-state index in [0.29, 0.717) is 20.0 Å². The van der Waals surface area contributed by atoms with Crippen molar-refractivity contribution in [1.82, 2.24) is 4.98 Å². The van der Waals surface area contributed by atoms with Gasteiger partial charge in [-0.25, -0.2) is 0 Å². The maximum Gasteiger partial charge on any atom is 0.262 e. The summed E-state index contributed by atoms with van der Waals surface area (Å²) in [5.41, 5.74) is 0.342. The lowest BCUT2D eigenvalue weighted by Crippen LogP contribution is -2.05. The van der Waals surface area contributed by atoms with Crippen molar-refractivity contribution in [3.05, 3.63) is 43.1 Å². The van der Waals surface area contributed by atoms with Gasteiger partial charge >= 0.3 is 0 Å². The minimum absolute atomic E-state index is 0.221. The van der Waals surface area contributed by atoms with Crippen LogP contribution in [0.3, 0.4) is 0 Å². The Bertz CT molecular complexity index is 564. The summed E-state index contributed by atoms with van der Waals surface area (Å²) in [5, 5.41) is 1.64. The van der Waals surface area contributed by atoms with Crippen LogP contribution >= 0.6 is 39.1 Å². The average Bonchev–Trinajstić information content (AvgIpc) is 2.15. The lowest BCUT2D eigenvalue weighted by molar-refractivity contribution is 1.28. The normalized spacial score (nSPS) is 10.8. The van der Waals surface area contributed by atoms with E-state index in [-0.39, 0.29) is 5.56 Å². The molecule has 14 heavy (non-hydrogen) atoms. The molecule has 0 atom stereocenters. The third-order valence-electron chi connectivity index (χ3n) is 1.86. The zero-order chi connectivity index (χ0) is 10.3. The molecule has 1 N–H and O–H groups in total. The standard InChI is InChI=1S/C9H4BrCl2NO/c10-5-3-4-1-2-6(11)7(12)8(4)13-9(5)14/h1-3H,(H,13,14). The smallest absolute Gasteiger partial charge is 0.262 e. The van der Waals surface area contributed by atoms with Gasteiger partial charge < -0.3 is 4.98 Å². The third kappa shape index (κ3) is 1.56. The summed E-state index contributed by atoms with van der Waals surface area (Å²) in [5.74, 6) is 0. The fraction of sp³-hybridized carbons (Fsp3) is 0. The highest BCUT2D eigenvalue weighted by Crippen LogP contribution is 2.29. The molecule has 0 spiro atoms. The van der Waals surface area contributed by atoms with E-state index in [1.807, 2.05) is 0 Å². The highest BCUT2D eigenvalue weighted by Gasteiger charge is 2.06. The molecule has 72 valence electrons. The van der Waals surface area contributed by atoms with Crippen molar-refractivity contribution in [2.75, 3.05) is 0 Å². The maximum absolute atomic E-state index is 11.3. The number of hydrogen-bond donors (Lipinski definition) is 1. The number of benzene rings is 1. The highest BCUT2D eigenvalue weighted by molar-refractivity contribution is 9.10. The molecule has 0 aliphatic carbocycles. The molecule has 2 aromatic rings. The van der Waals surface area contributed by atoms with Crippen LogP contribution in [0.4, 0.5) is 0 Å². The molecule has 1 aromatic heterocycles. The molecule has 0 fully saturated rings. The van der Waals surface area contributed by atoms with Gasteiger partial charge in [0.25, 0.3) is 5.56 Å². The number of halogens is 3. The largest absolute Gasteiger partial charge is 0.320 e. The van der Waals surface area contributed by atoms with Gasteiger partial charge in [-0.15, -0.1) is 0 Å². The molecule has 0 aliphatic rings. The summed E-state index contributed by atoms with van der Waals surface area (Å²) in [6, 6.07) is 5.19. The second-order valence-corrected chi connectivity index (χ2v) is 4.41. The van der Waals surface area contributed by atoms with E-state index in [1.165, 1.54) is 0 Å². The van der Waals surface area contributed by atoms with Gasteiger partial charge in [-0.3, -0.25) is 4.79 Å². The Hall–Kier alpha value is -0.510. The summed E-state index contributed by atoms with van der Waals surface area (Å²) in [6.45, 7) is 0. The van der Waals surface area contributed by atoms with Crippen LogP contribution in [0.1, 0.15) is 0 Å². The first-order chi connectivity index (χ1) is 6.59. The van der Waals surface area contributed by atoms with Gasteiger partial charge in [-0.05, 0) is 28.1 Å². The van der Waals surface area contributed by atoms with Gasteiger partial charge in [0.1, 0.15) is 0 Å². The maximum atomic E-state index is 11.3. The predicted molar refractivity (Wildman–Crippen MR) is 62.3 cm³/mol. The number of pyridine rings is 1. The van der Waals surface area contributed by atoms with Crippen LogP contribution < -0.4 is 5.56 Å². The predicted octanol–water partition coefficient (Wildman–Crippen LogP) is 3.60. The molecule has 0 aliphatic heterocycles. The summed E-state index contributed by atoms with van der Waals surface area (Å²) in [6.07, 6.45) is 0. The van der Waals surface area contributed by atoms with Gasteiger partial charge in [-0.1, -0.05) is 29.3 Å². The van der Waals surface area contributed by atoms with Crippen molar-refractivity contribution in [2.45, 2.75) is 0 Å². The van der Waals surface area contributed by atoms with E-state index in [9.17, 15) is 4.79 Å². The minimum Gasteiger partial charge on any atom is -0.320 e. The summed E-state index contributed by atoms with van der Waals surface area (Å²) in [7, 11) is 0. The molecule has 0 radical (unpaired) electrons. The van der Waals surface area contributed by atoms with Gasteiger partial charge in [0, 0.05) is 5.39 Å². The average molecular weight is 293 g/mol. The second-order valence-electron chi connectivity index (χ2n) is 2.77. The molecule has 0 unspecified atom stereocenters. The van der Waals surface area contributed by atoms with Crippen LogP contribution in [0.2, 0.25) is 10.0 Å². The Kier molecular flexibility index (Phi) is 2.56. The lowest BCUT2D eigenvalue weighted by atomic mass is 10.2. The van der Waals surface area contributed by atoms with Crippen LogP contribution in [0.5, 0.6) is 0 Å². The summed E-state index contributed by atoms with van der Waals surface area (Å²) in [4.78, 5) is 13.9. The van der Waals surface area contributed by atoms with Crippen molar-refractivity contribution >= 4 is 50.0 Å². The second kappa shape index (κ2) is 3.57. The van der Waals surface area contributed by atoms with Crippen LogP contribution in [0, 0.1) is 0 Å². The van der Waals surface area contributed by atoms with Crippen molar-refractivity contribution in [3.8, 4) is 0 Å². The third-order valence-corrected chi connectivity index (χ3v) is 3.26.